The van der Waals surface area contributed by atoms with E-state index in [0.717, 1.165) is 56.0 Å². The lowest BCUT2D eigenvalue weighted by Crippen LogP contribution is -1.92. The Hall–Kier alpha value is -4.72. The average molecular weight is 432 g/mol. The molecule has 2 aromatic carbocycles. The summed E-state index contributed by atoms with van der Waals surface area (Å²) in [4.78, 5) is 17.4. The summed E-state index contributed by atoms with van der Waals surface area (Å²) < 4.78 is 11.0. The smallest absolute Gasteiger partial charge is 0.231 e. The number of pyridine rings is 2. The van der Waals surface area contributed by atoms with Crippen LogP contribution >= 0.6 is 0 Å². The van der Waals surface area contributed by atoms with E-state index in [1.165, 1.54) is 0 Å². The van der Waals surface area contributed by atoms with Crippen LogP contribution in [0.25, 0.3) is 56.0 Å². The molecule has 1 aliphatic rings. The third-order valence-electron chi connectivity index (χ3n) is 5.79. The molecule has 0 fully saturated rings. The predicted molar refractivity (Wildman–Crippen MR) is 124 cm³/mol. The van der Waals surface area contributed by atoms with Crippen LogP contribution in [0.4, 0.5) is 0 Å². The molecule has 0 aliphatic carbocycles. The highest BCUT2D eigenvalue weighted by Crippen LogP contribution is 2.38. The highest BCUT2D eigenvalue weighted by Gasteiger charge is 2.18. The molecule has 33 heavy (non-hydrogen) atoms. The normalized spacial score (nSPS) is 12.6. The molecule has 4 aromatic heterocycles. The molecule has 2 N–H and O–H groups in total. The van der Waals surface area contributed by atoms with Crippen LogP contribution in [-0.4, -0.2) is 36.9 Å². The summed E-state index contributed by atoms with van der Waals surface area (Å²) in [5.41, 5.74) is 7.81. The maximum absolute atomic E-state index is 5.56. The number of hydrogen-bond donors (Lipinski definition) is 2. The van der Waals surface area contributed by atoms with Crippen molar-refractivity contribution in [3.8, 4) is 45.4 Å². The molecule has 8 nitrogen and oxygen atoms in total. The van der Waals surface area contributed by atoms with Crippen molar-refractivity contribution in [1.29, 1.82) is 0 Å². The quantitative estimate of drug-likeness (QED) is 0.410. The second kappa shape index (κ2) is 6.89. The fourth-order valence-corrected chi connectivity index (χ4v) is 4.18. The number of aromatic nitrogens is 6. The third-order valence-corrected chi connectivity index (χ3v) is 5.79. The molecule has 8 heteroatoms. The van der Waals surface area contributed by atoms with E-state index in [2.05, 4.69) is 20.2 Å². The zero-order chi connectivity index (χ0) is 21.8. The zero-order valence-corrected chi connectivity index (χ0v) is 17.2. The van der Waals surface area contributed by atoms with Gasteiger partial charge in [-0.1, -0.05) is 18.2 Å². The number of imidazole rings is 1. The summed E-state index contributed by atoms with van der Waals surface area (Å²) in [5, 5.41) is 7.58. The molecule has 7 rings (SSSR count). The second-order valence-electron chi connectivity index (χ2n) is 7.76. The molecule has 0 saturated carbocycles. The minimum Gasteiger partial charge on any atom is -0.454 e. The van der Waals surface area contributed by atoms with Crippen molar-refractivity contribution in [2.45, 2.75) is 0 Å². The standard InChI is InChI=1S/C25H16N6O2/c1-4-16(14-6-9-20-21(11-14)33-13-32-20)22-18(5-1)28-25(29-22)24-23-19(30-31-24)8-7-17(27-23)15-3-2-10-26-12-15/h1-12H,13H2,(H,28,29)(H,30,31). The topological polar surface area (TPSA) is 102 Å². The molecule has 0 amide bonds. The first kappa shape index (κ1) is 17.9. The van der Waals surface area contributed by atoms with Crippen LogP contribution in [0.2, 0.25) is 0 Å². The highest BCUT2D eigenvalue weighted by molar-refractivity contribution is 5.96. The number of H-pyrrole nitrogens is 2. The van der Waals surface area contributed by atoms with E-state index < -0.39 is 0 Å². The van der Waals surface area contributed by atoms with Crippen molar-refractivity contribution in [3.05, 3.63) is 73.1 Å². The predicted octanol–water partition coefficient (Wildman–Crippen LogP) is 4.96. The van der Waals surface area contributed by atoms with Crippen molar-refractivity contribution in [2.24, 2.45) is 0 Å². The number of ether oxygens (including phenoxy) is 2. The SMILES string of the molecule is c1cncc(-c2ccc3[nH]nc(-c4nc5c(-c6ccc7c(c6)OCO7)cccc5[nH]4)c3n2)c1. The van der Waals surface area contributed by atoms with Gasteiger partial charge in [0.15, 0.2) is 23.0 Å². The molecule has 158 valence electrons. The van der Waals surface area contributed by atoms with Crippen LogP contribution in [0.15, 0.2) is 73.1 Å². The molecular formula is C25H16N6O2. The minimum absolute atomic E-state index is 0.246. The second-order valence-corrected chi connectivity index (χ2v) is 7.76. The molecular weight excluding hydrogens is 416 g/mol. The van der Waals surface area contributed by atoms with Gasteiger partial charge in [-0.3, -0.25) is 10.1 Å². The molecule has 0 spiro atoms. The zero-order valence-electron chi connectivity index (χ0n) is 17.2. The summed E-state index contributed by atoms with van der Waals surface area (Å²) in [5.74, 6) is 2.15. The van der Waals surface area contributed by atoms with Crippen LogP contribution in [0.5, 0.6) is 11.5 Å². The van der Waals surface area contributed by atoms with Crippen molar-refractivity contribution in [3.63, 3.8) is 0 Å². The van der Waals surface area contributed by atoms with Gasteiger partial charge in [0, 0.05) is 23.5 Å². The van der Waals surface area contributed by atoms with E-state index in [1.54, 1.807) is 12.4 Å². The lowest BCUT2D eigenvalue weighted by atomic mass is 10.0. The maximum atomic E-state index is 5.56. The van der Waals surface area contributed by atoms with Crippen molar-refractivity contribution in [1.82, 2.24) is 30.1 Å². The Morgan fingerprint density at radius 2 is 1.76 bits per heavy atom. The molecule has 1 aliphatic heterocycles. The molecule has 6 aromatic rings. The van der Waals surface area contributed by atoms with Crippen LogP contribution in [-0.2, 0) is 0 Å². The molecule has 0 atom stereocenters. The Labute approximate surface area is 187 Å². The van der Waals surface area contributed by atoms with Gasteiger partial charge in [-0.15, -0.1) is 0 Å². The van der Waals surface area contributed by atoms with Crippen LogP contribution < -0.4 is 9.47 Å². The Bertz CT molecular complexity index is 1650. The van der Waals surface area contributed by atoms with Crippen LogP contribution in [0.1, 0.15) is 0 Å². The molecule has 5 heterocycles. The Balaban J connectivity index is 1.37. The lowest BCUT2D eigenvalue weighted by Gasteiger charge is -2.04. The number of hydrogen-bond acceptors (Lipinski definition) is 6. The molecule has 0 bridgehead atoms. The first-order valence-corrected chi connectivity index (χ1v) is 10.5. The van der Waals surface area contributed by atoms with Gasteiger partial charge in [-0.2, -0.15) is 5.10 Å². The Morgan fingerprint density at radius 3 is 2.70 bits per heavy atom. The van der Waals surface area contributed by atoms with Gasteiger partial charge < -0.3 is 14.5 Å². The third kappa shape index (κ3) is 2.85. The van der Waals surface area contributed by atoms with E-state index in [4.69, 9.17) is 19.4 Å². The summed E-state index contributed by atoms with van der Waals surface area (Å²) in [6, 6.07) is 19.8. The van der Waals surface area contributed by atoms with Gasteiger partial charge in [0.05, 0.1) is 22.2 Å². The fourth-order valence-electron chi connectivity index (χ4n) is 4.18. The van der Waals surface area contributed by atoms with Crippen LogP contribution in [0.3, 0.4) is 0 Å². The van der Waals surface area contributed by atoms with Gasteiger partial charge in [0.1, 0.15) is 5.52 Å². The largest absolute Gasteiger partial charge is 0.454 e. The number of nitrogens with zero attached hydrogens (tertiary/aromatic N) is 4. The van der Waals surface area contributed by atoms with Crippen LogP contribution in [0, 0.1) is 0 Å². The Kier molecular flexibility index (Phi) is 3.74. The average Bonchev–Trinajstić information content (AvgIpc) is 3.60. The maximum Gasteiger partial charge on any atom is 0.231 e. The minimum atomic E-state index is 0.246. The fraction of sp³-hybridized carbons (Fsp3) is 0.0400. The number of benzene rings is 2. The summed E-state index contributed by atoms with van der Waals surface area (Å²) in [6.45, 7) is 0.246. The van der Waals surface area contributed by atoms with Gasteiger partial charge in [0.25, 0.3) is 0 Å². The van der Waals surface area contributed by atoms with E-state index in [9.17, 15) is 0 Å². The number of fused-ring (bicyclic) bond motifs is 3. The van der Waals surface area contributed by atoms with Gasteiger partial charge >= 0.3 is 0 Å². The number of aromatic amines is 2. The monoisotopic (exact) mass is 432 g/mol. The number of para-hydroxylation sites is 1. The highest BCUT2D eigenvalue weighted by atomic mass is 16.7. The first-order valence-electron chi connectivity index (χ1n) is 10.5. The van der Waals surface area contributed by atoms with E-state index in [-0.39, 0.29) is 6.79 Å². The van der Waals surface area contributed by atoms with Crippen molar-refractivity contribution < 1.29 is 9.47 Å². The summed E-state index contributed by atoms with van der Waals surface area (Å²) >= 11 is 0. The van der Waals surface area contributed by atoms with E-state index in [0.29, 0.717) is 11.5 Å². The number of rotatable bonds is 3. The molecule has 0 saturated heterocycles. The van der Waals surface area contributed by atoms with E-state index in [1.807, 2.05) is 60.7 Å². The Morgan fingerprint density at radius 1 is 0.788 bits per heavy atom. The van der Waals surface area contributed by atoms with E-state index >= 15 is 0 Å². The molecule has 0 radical (unpaired) electrons. The van der Waals surface area contributed by atoms with Gasteiger partial charge in [0.2, 0.25) is 6.79 Å². The van der Waals surface area contributed by atoms with Gasteiger partial charge in [-0.25, -0.2) is 9.97 Å². The summed E-state index contributed by atoms with van der Waals surface area (Å²) in [6.07, 6.45) is 3.55. The molecule has 0 unspecified atom stereocenters. The van der Waals surface area contributed by atoms with Crippen molar-refractivity contribution >= 4 is 22.1 Å². The summed E-state index contributed by atoms with van der Waals surface area (Å²) in [7, 11) is 0. The van der Waals surface area contributed by atoms with Crippen molar-refractivity contribution in [2.75, 3.05) is 6.79 Å². The lowest BCUT2D eigenvalue weighted by molar-refractivity contribution is 0.174. The first-order chi connectivity index (χ1) is 16.3. The number of nitrogens with one attached hydrogen (secondary N) is 2. The van der Waals surface area contributed by atoms with Gasteiger partial charge in [-0.05, 0) is 48.0 Å².